The zero-order valence-electron chi connectivity index (χ0n) is 7.49. The molecule has 1 aromatic heterocycles. The van der Waals surface area contributed by atoms with E-state index < -0.39 is 0 Å². The number of hydrogen-bond donors (Lipinski definition) is 1. The van der Waals surface area contributed by atoms with E-state index in [1.807, 2.05) is 11.7 Å². The van der Waals surface area contributed by atoms with Gasteiger partial charge in [0.25, 0.3) is 0 Å². The van der Waals surface area contributed by atoms with Gasteiger partial charge in [0.05, 0.1) is 0 Å². The van der Waals surface area contributed by atoms with Crippen LogP contribution in [-0.4, -0.2) is 27.4 Å². The summed E-state index contributed by atoms with van der Waals surface area (Å²) >= 11 is 0. The van der Waals surface area contributed by atoms with Crippen molar-refractivity contribution in [2.45, 2.75) is 25.3 Å². The molecule has 1 aromatic rings. The third-order valence-electron chi connectivity index (χ3n) is 2.60. The van der Waals surface area contributed by atoms with Crippen LogP contribution in [0.5, 0.6) is 0 Å². The fourth-order valence-corrected chi connectivity index (χ4v) is 1.85. The van der Waals surface area contributed by atoms with Crippen molar-refractivity contribution >= 4 is 0 Å². The lowest BCUT2D eigenvalue weighted by atomic mass is 10.0. The zero-order chi connectivity index (χ0) is 8.55. The number of nitrogens with one attached hydrogen (secondary N) is 1. The highest BCUT2D eigenvalue weighted by Crippen LogP contribution is 2.24. The third kappa shape index (κ3) is 1.12. The van der Waals surface area contributed by atoms with Gasteiger partial charge < -0.3 is 5.32 Å². The summed E-state index contributed by atoms with van der Waals surface area (Å²) in [6.45, 7) is 3.30. The Hall–Kier alpha value is -0.900. The van der Waals surface area contributed by atoms with E-state index in [1.165, 1.54) is 6.42 Å². The van der Waals surface area contributed by atoms with Crippen molar-refractivity contribution in [2.24, 2.45) is 7.05 Å². The Morgan fingerprint density at radius 3 is 3.00 bits per heavy atom. The fourth-order valence-electron chi connectivity index (χ4n) is 1.85. The molecule has 0 spiro atoms. The Bertz CT molecular complexity index is 268. The molecule has 4 nitrogen and oxygen atoms in total. The Morgan fingerprint density at radius 1 is 1.67 bits per heavy atom. The quantitative estimate of drug-likeness (QED) is 0.651. The Balaban J connectivity index is 2.24. The van der Waals surface area contributed by atoms with Crippen LogP contribution in [0.3, 0.4) is 0 Å². The Morgan fingerprint density at radius 2 is 2.50 bits per heavy atom. The topological polar surface area (TPSA) is 42.7 Å². The van der Waals surface area contributed by atoms with Crippen LogP contribution in [0.15, 0.2) is 6.33 Å². The Kier molecular flexibility index (Phi) is 1.84. The Labute approximate surface area is 72.0 Å². The highest BCUT2D eigenvalue weighted by Gasteiger charge is 2.27. The van der Waals surface area contributed by atoms with Gasteiger partial charge in [0.1, 0.15) is 12.2 Å². The molecule has 1 aliphatic heterocycles. The van der Waals surface area contributed by atoms with E-state index in [0.717, 1.165) is 12.4 Å². The van der Waals surface area contributed by atoms with Crippen LogP contribution in [0.2, 0.25) is 0 Å². The number of hydrogen-bond acceptors (Lipinski definition) is 3. The summed E-state index contributed by atoms with van der Waals surface area (Å²) < 4.78 is 1.87. The lowest BCUT2D eigenvalue weighted by Gasteiger charge is -2.13. The smallest absolute Gasteiger partial charge is 0.138 e. The van der Waals surface area contributed by atoms with Crippen LogP contribution < -0.4 is 5.32 Å². The number of nitrogens with zero attached hydrogens (tertiary/aromatic N) is 3. The van der Waals surface area contributed by atoms with Crippen LogP contribution in [0, 0.1) is 0 Å². The van der Waals surface area contributed by atoms with Gasteiger partial charge in [-0.3, -0.25) is 4.68 Å². The van der Waals surface area contributed by atoms with Crippen molar-refractivity contribution < 1.29 is 0 Å². The number of aromatic nitrogens is 3. The molecule has 0 aliphatic carbocycles. The van der Waals surface area contributed by atoms with Gasteiger partial charge >= 0.3 is 0 Å². The first-order valence-corrected chi connectivity index (χ1v) is 4.36. The molecule has 2 atom stereocenters. The first-order chi connectivity index (χ1) is 5.79. The molecule has 4 heteroatoms. The fraction of sp³-hybridized carbons (Fsp3) is 0.750. The highest BCUT2D eigenvalue weighted by molar-refractivity contribution is 5.03. The molecule has 0 aromatic carbocycles. The van der Waals surface area contributed by atoms with E-state index in [2.05, 4.69) is 22.3 Å². The van der Waals surface area contributed by atoms with Crippen LogP contribution in [0.4, 0.5) is 0 Å². The monoisotopic (exact) mass is 166 g/mol. The molecule has 2 rings (SSSR count). The molecule has 1 N–H and O–H groups in total. The molecule has 2 unspecified atom stereocenters. The largest absolute Gasteiger partial charge is 0.314 e. The van der Waals surface area contributed by atoms with Crippen molar-refractivity contribution in [3.05, 3.63) is 12.2 Å². The first-order valence-electron chi connectivity index (χ1n) is 4.36. The van der Waals surface area contributed by atoms with E-state index in [-0.39, 0.29) is 0 Å². The van der Waals surface area contributed by atoms with Crippen LogP contribution in [-0.2, 0) is 7.05 Å². The van der Waals surface area contributed by atoms with E-state index in [1.54, 1.807) is 6.33 Å². The summed E-state index contributed by atoms with van der Waals surface area (Å²) in [5.41, 5.74) is 0. The molecule has 1 fully saturated rings. The van der Waals surface area contributed by atoms with Gasteiger partial charge in [-0.05, 0) is 19.9 Å². The highest BCUT2D eigenvalue weighted by atomic mass is 15.3. The van der Waals surface area contributed by atoms with Gasteiger partial charge in [-0.15, -0.1) is 0 Å². The second-order valence-corrected chi connectivity index (χ2v) is 3.38. The zero-order valence-corrected chi connectivity index (χ0v) is 7.49. The summed E-state index contributed by atoms with van der Waals surface area (Å²) in [6, 6.07) is 0.535. The summed E-state index contributed by atoms with van der Waals surface area (Å²) in [7, 11) is 1.95. The molecule has 12 heavy (non-hydrogen) atoms. The van der Waals surface area contributed by atoms with Crippen molar-refractivity contribution in [1.29, 1.82) is 0 Å². The van der Waals surface area contributed by atoms with E-state index in [9.17, 15) is 0 Å². The summed E-state index contributed by atoms with van der Waals surface area (Å²) in [5.74, 6) is 1.64. The maximum atomic E-state index is 4.26. The predicted molar refractivity (Wildman–Crippen MR) is 45.8 cm³/mol. The molecule has 0 radical (unpaired) electrons. The van der Waals surface area contributed by atoms with Crippen molar-refractivity contribution in [3.63, 3.8) is 0 Å². The number of aryl methyl sites for hydroxylation is 1. The maximum absolute atomic E-state index is 4.26. The van der Waals surface area contributed by atoms with Crippen LogP contribution >= 0.6 is 0 Å². The first kappa shape index (κ1) is 7.73. The van der Waals surface area contributed by atoms with Crippen molar-refractivity contribution in [2.75, 3.05) is 6.54 Å². The molecule has 0 saturated carbocycles. The summed E-state index contributed by atoms with van der Waals surface area (Å²) in [4.78, 5) is 4.26. The maximum Gasteiger partial charge on any atom is 0.138 e. The van der Waals surface area contributed by atoms with Gasteiger partial charge in [0.15, 0.2) is 0 Å². The molecule has 2 heterocycles. The molecular formula is C8H14N4. The minimum Gasteiger partial charge on any atom is -0.314 e. The van der Waals surface area contributed by atoms with E-state index in [0.29, 0.717) is 12.0 Å². The van der Waals surface area contributed by atoms with Gasteiger partial charge in [0, 0.05) is 19.0 Å². The van der Waals surface area contributed by atoms with Gasteiger partial charge in [-0.1, -0.05) is 0 Å². The summed E-state index contributed by atoms with van der Waals surface area (Å²) in [5, 5.41) is 7.48. The molecule has 0 bridgehead atoms. The molecule has 66 valence electrons. The van der Waals surface area contributed by atoms with Crippen molar-refractivity contribution in [3.8, 4) is 0 Å². The second kappa shape index (κ2) is 2.86. The average Bonchev–Trinajstić information content (AvgIpc) is 2.59. The minimum absolute atomic E-state index is 0.535. The predicted octanol–water partition coefficient (Wildman–Crippen LogP) is 0.280. The van der Waals surface area contributed by atoms with E-state index >= 15 is 0 Å². The SMILES string of the molecule is CC1NCCC1c1ncnn1C. The normalized spacial score (nSPS) is 29.5. The lowest BCUT2D eigenvalue weighted by Crippen LogP contribution is -2.23. The van der Waals surface area contributed by atoms with Crippen LogP contribution in [0.25, 0.3) is 0 Å². The van der Waals surface area contributed by atoms with Gasteiger partial charge in [-0.2, -0.15) is 5.10 Å². The van der Waals surface area contributed by atoms with Gasteiger partial charge in [0.2, 0.25) is 0 Å². The van der Waals surface area contributed by atoms with Crippen molar-refractivity contribution in [1.82, 2.24) is 20.1 Å². The minimum atomic E-state index is 0.535. The third-order valence-corrected chi connectivity index (χ3v) is 2.60. The summed E-state index contributed by atoms with van der Waals surface area (Å²) in [6.07, 6.45) is 2.80. The lowest BCUT2D eigenvalue weighted by molar-refractivity contribution is 0.538. The second-order valence-electron chi connectivity index (χ2n) is 3.38. The number of rotatable bonds is 1. The molecular weight excluding hydrogens is 152 g/mol. The molecule has 1 aliphatic rings. The van der Waals surface area contributed by atoms with Crippen LogP contribution in [0.1, 0.15) is 25.1 Å². The molecule has 1 saturated heterocycles. The average molecular weight is 166 g/mol. The van der Waals surface area contributed by atoms with Gasteiger partial charge in [-0.25, -0.2) is 4.98 Å². The van der Waals surface area contributed by atoms with E-state index in [4.69, 9.17) is 0 Å². The standard InChI is InChI=1S/C8H14N4/c1-6-7(3-4-9-6)8-10-5-11-12(8)2/h5-7,9H,3-4H2,1-2H3. The molecule has 0 amide bonds.